The van der Waals surface area contributed by atoms with Crippen molar-refractivity contribution in [3.63, 3.8) is 0 Å². The van der Waals surface area contributed by atoms with E-state index in [0.717, 1.165) is 5.56 Å². The number of anilines is 1. The number of H-pyrrole nitrogens is 1. The average molecular weight is 229 g/mol. The number of benzene rings is 1. The van der Waals surface area contributed by atoms with Crippen LogP contribution in [0.2, 0.25) is 0 Å². The van der Waals surface area contributed by atoms with Gasteiger partial charge < -0.3 is 10.7 Å². The van der Waals surface area contributed by atoms with E-state index in [1.54, 1.807) is 6.92 Å². The van der Waals surface area contributed by atoms with E-state index in [1.165, 1.54) is 5.56 Å². The van der Waals surface area contributed by atoms with Gasteiger partial charge in [-0.3, -0.25) is 4.79 Å². The molecule has 2 rings (SSSR count). The molecule has 4 heteroatoms. The van der Waals surface area contributed by atoms with E-state index < -0.39 is 0 Å². The Morgan fingerprint density at radius 1 is 1.35 bits per heavy atom. The Bertz CT molecular complexity index is 602. The molecule has 0 atom stereocenters. The van der Waals surface area contributed by atoms with Gasteiger partial charge in [-0.1, -0.05) is 29.8 Å². The van der Waals surface area contributed by atoms with Crippen molar-refractivity contribution in [3.05, 3.63) is 57.1 Å². The summed E-state index contributed by atoms with van der Waals surface area (Å²) >= 11 is 0. The zero-order valence-corrected chi connectivity index (χ0v) is 9.95. The maximum absolute atomic E-state index is 11.5. The van der Waals surface area contributed by atoms with Crippen molar-refractivity contribution >= 4 is 5.82 Å². The third-order valence-corrected chi connectivity index (χ3v) is 2.69. The lowest BCUT2D eigenvalue weighted by molar-refractivity contribution is 0.937. The lowest BCUT2D eigenvalue weighted by atomic mass is 10.1. The standard InChI is InChI=1S/C13H15N3O/c1-8-4-3-5-10(6-8)7-11-15-12(14)9(2)13(17)16-11/h3-6H,7H2,1-2H3,(H3,14,15,16,17). The summed E-state index contributed by atoms with van der Waals surface area (Å²) < 4.78 is 0. The number of hydrogen-bond acceptors (Lipinski definition) is 3. The summed E-state index contributed by atoms with van der Waals surface area (Å²) in [6.07, 6.45) is 0.585. The van der Waals surface area contributed by atoms with Crippen LogP contribution in [0.25, 0.3) is 0 Å². The van der Waals surface area contributed by atoms with Crippen LogP contribution < -0.4 is 11.3 Å². The van der Waals surface area contributed by atoms with Crippen molar-refractivity contribution in [3.8, 4) is 0 Å². The Labute approximate surface area is 99.5 Å². The van der Waals surface area contributed by atoms with Gasteiger partial charge in [-0.25, -0.2) is 4.98 Å². The molecule has 0 saturated carbocycles. The van der Waals surface area contributed by atoms with Gasteiger partial charge in [-0.2, -0.15) is 0 Å². The molecule has 0 spiro atoms. The minimum Gasteiger partial charge on any atom is -0.383 e. The van der Waals surface area contributed by atoms with Crippen molar-refractivity contribution < 1.29 is 0 Å². The highest BCUT2D eigenvalue weighted by atomic mass is 16.1. The molecule has 4 nitrogen and oxygen atoms in total. The van der Waals surface area contributed by atoms with Crippen molar-refractivity contribution in [1.29, 1.82) is 0 Å². The topological polar surface area (TPSA) is 71.8 Å². The Morgan fingerprint density at radius 2 is 2.12 bits per heavy atom. The second kappa shape index (κ2) is 4.41. The molecule has 0 unspecified atom stereocenters. The molecule has 1 aromatic heterocycles. The minimum atomic E-state index is -0.167. The molecule has 0 bridgehead atoms. The molecule has 2 aromatic rings. The first kappa shape index (κ1) is 11.4. The molecule has 0 fully saturated rings. The number of nitrogens with one attached hydrogen (secondary N) is 1. The highest BCUT2D eigenvalue weighted by molar-refractivity contribution is 5.37. The summed E-state index contributed by atoms with van der Waals surface area (Å²) in [6.45, 7) is 3.70. The van der Waals surface area contributed by atoms with Crippen LogP contribution in [0.3, 0.4) is 0 Å². The summed E-state index contributed by atoms with van der Waals surface area (Å²) in [5, 5.41) is 0. The molecule has 88 valence electrons. The number of aromatic amines is 1. The normalized spacial score (nSPS) is 10.5. The number of hydrogen-bond donors (Lipinski definition) is 2. The Morgan fingerprint density at radius 3 is 2.76 bits per heavy atom. The van der Waals surface area contributed by atoms with Gasteiger partial charge in [0.2, 0.25) is 0 Å². The van der Waals surface area contributed by atoms with Crippen LogP contribution in [0.15, 0.2) is 29.1 Å². The van der Waals surface area contributed by atoms with E-state index in [9.17, 15) is 4.79 Å². The third kappa shape index (κ3) is 2.53. The van der Waals surface area contributed by atoms with Gasteiger partial charge >= 0.3 is 0 Å². The van der Waals surface area contributed by atoms with Crippen LogP contribution in [0.4, 0.5) is 5.82 Å². The molecule has 0 aliphatic rings. The van der Waals surface area contributed by atoms with Gasteiger partial charge in [0, 0.05) is 6.42 Å². The monoisotopic (exact) mass is 229 g/mol. The zero-order valence-electron chi connectivity index (χ0n) is 9.95. The van der Waals surface area contributed by atoms with Gasteiger partial charge in [0.25, 0.3) is 5.56 Å². The zero-order chi connectivity index (χ0) is 12.4. The van der Waals surface area contributed by atoms with Crippen LogP contribution in [-0.4, -0.2) is 9.97 Å². The number of rotatable bonds is 2. The van der Waals surface area contributed by atoms with Crippen LogP contribution in [-0.2, 0) is 6.42 Å². The summed E-state index contributed by atoms with van der Waals surface area (Å²) in [5.41, 5.74) is 8.27. The van der Waals surface area contributed by atoms with Crippen molar-refractivity contribution in [1.82, 2.24) is 9.97 Å². The van der Waals surface area contributed by atoms with Crippen LogP contribution in [0, 0.1) is 13.8 Å². The Balaban J connectivity index is 2.34. The van der Waals surface area contributed by atoms with E-state index in [2.05, 4.69) is 16.0 Å². The quantitative estimate of drug-likeness (QED) is 0.820. The molecule has 0 saturated heterocycles. The van der Waals surface area contributed by atoms with Crippen LogP contribution in [0.1, 0.15) is 22.5 Å². The predicted molar refractivity (Wildman–Crippen MR) is 68.0 cm³/mol. The molecule has 1 heterocycles. The molecular formula is C13H15N3O. The smallest absolute Gasteiger partial charge is 0.255 e. The lowest BCUT2D eigenvalue weighted by Gasteiger charge is -2.04. The first-order chi connectivity index (χ1) is 8.06. The van der Waals surface area contributed by atoms with Crippen molar-refractivity contribution in [2.75, 3.05) is 5.73 Å². The van der Waals surface area contributed by atoms with E-state index in [4.69, 9.17) is 5.73 Å². The first-order valence-corrected chi connectivity index (χ1v) is 5.47. The van der Waals surface area contributed by atoms with E-state index in [-0.39, 0.29) is 5.56 Å². The fraction of sp³-hybridized carbons (Fsp3) is 0.231. The molecule has 0 aliphatic carbocycles. The third-order valence-electron chi connectivity index (χ3n) is 2.69. The molecule has 0 radical (unpaired) electrons. The molecule has 0 amide bonds. The maximum atomic E-state index is 11.5. The second-order valence-electron chi connectivity index (χ2n) is 4.19. The highest BCUT2D eigenvalue weighted by Crippen LogP contribution is 2.09. The largest absolute Gasteiger partial charge is 0.383 e. The maximum Gasteiger partial charge on any atom is 0.255 e. The summed E-state index contributed by atoms with van der Waals surface area (Å²) in [5.74, 6) is 0.903. The minimum absolute atomic E-state index is 0.167. The number of aromatic nitrogens is 2. The van der Waals surface area contributed by atoms with Gasteiger partial charge in [0.05, 0.1) is 5.56 Å². The van der Waals surface area contributed by atoms with Crippen molar-refractivity contribution in [2.24, 2.45) is 0 Å². The van der Waals surface area contributed by atoms with Crippen LogP contribution >= 0.6 is 0 Å². The number of aryl methyl sites for hydroxylation is 1. The van der Waals surface area contributed by atoms with Gasteiger partial charge in [-0.05, 0) is 19.4 Å². The Hall–Kier alpha value is -2.10. The first-order valence-electron chi connectivity index (χ1n) is 5.47. The molecule has 17 heavy (non-hydrogen) atoms. The molecule has 0 aliphatic heterocycles. The Kier molecular flexibility index (Phi) is 2.95. The molecule has 3 N–H and O–H groups in total. The summed E-state index contributed by atoms with van der Waals surface area (Å²) in [6, 6.07) is 8.09. The molecular weight excluding hydrogens is 214 g/mol. The lowest BCUT2D eigenvalue weighted by Crippen LogP contribution is -2.17. The van der Waals surface area contributed by atoms with Gasteiger partial charge in [0.15, 0.2) is 0 Å². The average Bonchev–Trinajstić information content (AvgIpc) is 2.26. The number of nitrogen functional groups attached to an aromatic ring is 1. The van der Waals surface area contributed by atoms with E-state index >= 15 is 0 Å². The SMILES string of the molecule is Cc1cccc(Cc2nc(N)c(C)c(=O)[nH]2)c1. The number of nitrogens with two attached hydrogens (primary N) is 1. The van der Waals surface area contributed by atoms with Crippen molar-refractivity contribution in [2.45, 2.75) is 20.3 Å². The summed E-state index contributed by atoms with van der Waals surface area (Å²) in [4.78, 5) is 18.5. The second-order valence-corrected chi connectivity index (χ2v) is 4.19. The van der Waals surface area contributed by atoms with E-state index in [1.807, 2.05) is 25.1 Å². The fourth-order valence-corrected chi connectivity index (χ4v) is 1.70. The van der Waals surface area contributed by atoms with Gasteiger partial charge in [-0.15, -0.1) is 0 Å². The molecule has 1 aromatic carbocycles. The number of nitrogens with zero attached hydrogens (tertiary/aromatic N) is 1. The van der Waals surface area contributed by atoms with Crippen LogP contribution in [0.5, 0.6) is 0 Å². The predicted octanol–water partition coefficient (Wildman–Crippen LogP) is 1.56. The highest BCUT2D eigenvalue weighted by Gasteiger charge is 2.05. The summed E-state index contributed by atoms with van der Waals surface area (Å²) in [7, 11) is 0. The fourth-order valence-electron chi connectivity index (χ4n) is 1.70. The van der Waals surface area contributed by atoms with E-state index in [0.29, 0.717) is 23.6 Å². The van der Waals surface area contributed by atoms with Gasteiger partial charge in [0.1, 0.15) is 11.6 Å².